The average Bonchev–Trinajstić information content (AvgIpc) is 0.918. The van der Waals surface area contributed by atoms with Gasteiger partial charge in [-0.1, -0.05) is 0 Å². The van der Waals surface area contributed by atoms with Crippen LogP contribution in [-0.2, 0) is 0 Å². The molecule has 0 aliphatic carbocycles. The van der Waals surface area contributed by atoms with Crippen LogP contribution in [0.4, 0.5) is 5.02 Å². The molecule has 0 heterocycles. The third-order valence-corrected chi connectivity index (χ3v) is 0. The minimum atomic E-state index is -2.92. The van der Waals surface area contributed by atoms with E-state index in [1.54, 1.807) is 0 Å². The maximum atomic E-state index is 9.82. The van der Waals surface area contributed by atoms with Crippen LogP contribution >= 0.6 is 0 Å². The molecule has 0 aliphatic heterocycles. The van der Waals surface area contributed by atoms with Crippen LogP contribution in [0.3, 0.4) is 0 Å². The molecule has 0 aromatic rings. The van der Waals surface area contributed by atoms with Crippen LogP contribution < -0.4 is 0 Å². The molecule has 24 valence electrons. The second kappa shape index (κ2) is 8.83. The van der Waals surface area contributed by atoms with Crippen LogP contribution in [0.25, 0.3) is 0 Å². The molecular weight excluding hydrogens is 315 g/mol. The molecule has 0 spiro atoms. The van der Waals surface area contributed by atoms with E-state index in [2.05, 4.69) is 0 Å². The number of rotatable bonds is 0. The van der Waals surface area contributed by atoms with Crippen molar-refractivity contribution in [2.45, 2.75) is 0 Å². The van der Waals surface area contributed by atoms with Gasteiger partial charge in [-0.15, -0.1) is 0 Å². The third kappa shape index (κ3) is 9.94. The Kier molecular flexibility index (Phi) is 20.0. The zero-order valence-corrected chi connectivity index (χ0v) is 5.14. The molecule has 0 aromatic heterocycles. The average molecular weight is 318 g/mol. The summed E-state index contributed by atoms with van der Waals surface area (Å²) in [6.45, 7) is 0. The van der Waals surface area contributed by atoms with E-state index in [1.807, 2.05) is 0 Å². The normalized spacial score (nSPS) is 4.50. The molecule has 0 saturated carbocycles. The SMILES string of the molecule is [F][Pb][F].[GaH3]. The molecule has 0 amide bonds. The summed E-state index contributed by atoms with van der Waals surface area (Å²) in [4.78, 5) is 0. The molecule has 0 fully saturated rings. The molecule has 0 rings (SSSR count). The summed E-state index contributed by atoms with van der Waals surface area (Å²) in [6, 6.07) is 0. The minimum absolute atomic E-state index is 0. The van der Waals surface area contributed by atoms with Crippen LogP contribution in [0.15, 0.2) is 0 Å². The van der Waals surface area contributed by atoms with Crippen LogP contribution in [-0.4, -0.2) is 45.3 Å². The van der Waals surface area contributed by atoms with E-state index in [4.69, 9.17) is 0 Å². The zero-order valence-electron chi connectivity index (χ0n) is 1.26. The summed E-state index contributed by atoms with van der Waals surface area (Å²) in [5, 5.41) is 0. The summed E-state index contributed by atoms with van der Waals surface area (Å²) >= 11 is -2.92. The zero-order chi connectivity index (χ0) is 2.71. The van der Waals surface area contributed by atoms with Crippen LogP contribution in [0, 0.1) is 0 Å². The predicted octanol–water partition coefficient (Wildman–Crippen LogP) is -0.724. The van der Waals surface area contributed by atoms with Crippen molar-refractivity contribution in [3.05, 3.63) is 0 Å². The van der Waals surface area contributed by atoms with Gasteiger partial charge in [-0.05, 0) is 0 Å². The topological polar surface area (TPSA) is 0 Å². The molecule has 4 heteroatoms. The molecule has 0 saturated heterocycles. The number of hydrogen-bond acceptors (Lipinski definition) is 0. The van der Waals surface area contributed by atoms with Crippen molar-refractivity contribution in [3.8, 4) is 0 Å². The van der Waals surface area contributed by atoms with Gasteiger partial charge in [-0.3, -0.25) is 0 Å². The molecular formula is H3F2GaPb. The van der Waals surface area contributed by atoms with E-state index in [9.17, 15) is 5.02 Å². The van der Waals surface area contributed by atoms with E-state index in [0.717, 1.165) is 0 Å². The first kappa shape index (κ1) is 9.05. The monoisotopic (exact) mass is 318 g/mol. The Labute approximate surface area is 50.1 Å². The molecule has 0 atom stereocenters. The van der Waals surface area contributed by atoms with Crippen LogP contribution in [0.1, 0.15) is 0 Å². The van der Waals surface area contributed by atoms with Gasteiger partial charge >= 0.3 is 50.3 Å². The molecule has 4 heavy (non-hydrogen) atoms. The van der Waals surface area contributed by atoms with Crippen molar-refractivity contribution in [1.82, 2.24) is 0 Å². The quantitative estimate of drug-likeness (QED) is 0.517. The summed E-state index contributed by atoms with van der Waals surface area (Å²) < 4.78 is 19.6. The van der Waals surface area contributed by atoms with Gasteiger partial charge in [0.05, 0.1) is 0 Å². The molecule has 0 N–H and O–H groups in total. The van der Waals surface area contributed by atoms with Crippen molar-refractivity contribution >= 4 is 45.3 Å². The first-order valence-corrected chi connectivity index (χ1v) is 3.32. The van der Waals surface area contributed by atoms with Crippen molar-refractivity contribution in [2.75, 3.05) is 0 Å². The first-order valence-electron chi connectivity index (χ1n) is 0.378. The van der Waals surface area contributed by atoms with Gasteiger partial charge in [0, 0.05) is 0 Å². The molecule has 0 aliphatic rings. The van der Waals surface area contributed by atoms with Gasteiger partial charge < -0.3 is 0 Å². The van der Waals surface area contributed by atoms with Crippen LogP contribution in [0.5, 0.6) is 0 Å². The molecule has 0 aromatic carbocycles. The van der Waals surface area contributed by atoms with Crippen LogP contribution in [0.2, 0.25) is 0 Å². The van der Waals surface area contributed by atoms with Crippen molar-refractivity contribution in [3.63, 3.8) is 0 Å². The predicted molar refractivity (Wildman–Crippen MR) is 17.9 cm³/mol. The second-order valence-electron chi connectivity index (χ2n) is 0.0714. The maximum absolute atomic E-state index is 9.82. The fourth-order valence-electron chi connectivity index (χ4n) is 0. The number of halogens is 2. The van der Waals surface area contributed by atoms with Gasteiger partial charge in [0.1, 0.15) is 0 Å². The summed E-state index contributed by atoms with van der Waals surface area (Å²) in [6.07, 6.45) is 0. The van der Waals surface area contributed by atoms with Gasteiger partial charge in [0.2, 0.25) is 0 Å². The Hall–Kier alpha value is 1.42. The Morgan fingerprint density at radius 1 is 1.25 bits per heavy atom. The number of hydrogen-bond donors (Lipinski definition) is 0. The van der Waals surface area contributed by atoms with E-state index < -0.39 is 25.5 Å². The standard InChI is InChI=1S/2FH.Ga.Pb.3H/h2*1H;;;;;/q;;;+2;;;/p-2. The Morgan fingerprint density at radius 2 is 1.25 bits per heavy atom. The summed E-state index contributed by atoms with van der Waals surface area (Å²) in [5.74, 6) is 0. The van der Waals surface area contributed by atoms with E-state index >= 15 is 0 Å². The summed E-state index contributed by atoms with van der Waals surface area (Å²) in [5.41, 5.74) is 0. The van der Waals surface area contributed by atoms with Crippen molar-refractivity contribution in [2.24, 2.45) is 0 Å². The Morgan fingerprint density at radius 3 is 1.25 bits per heavy atom. The van der Waals surface area contributed by atoms with Gasteiger partial charge in [-0.25, -0.2) is 0 Å². The molecule has 0 unspecified atom stereocenters. The van der Waals surface area contributed by atoms with Gasteiger partial charge in [-0.2, -0.15) is 0 Å². The van der Waals surface area contributed by atoms with Crippen molar-refractivity contribution in [1.29, 1.82) is 0 Å². The molecule has 2 radical (unpaired) electrons. The van der Waals surface area contributed by atoms with Crippen molar-refractivity contribution < 1.29 is 5.02 Å². The van der Waals surface area contributed by atoms with E-state index in [0.29, 0.717) is 0 Å². The Bertz CT molecular complexity index is 6.00. The second-order valence-corrected chi connectivity index (χ2v) is 0.627. The summed E-state index contributed by atoms with van der Waals surface area (Å²) in [7, 11) is 0. The van der Waals surface area contributed by atoms with Gasteiger partial charge in [0.15, 0.2) is 0 Å². The first-order chi connectivity index (χ1) is 1.41. The fraction of sp³-hybridized carbons (Fsp3) is 0. The Balaban J connectivity index is 0. The molecule has 0 bridgehead atoms. The van der Waals surface area contributed by atoms with E-state index in [-0.39, 0.29) is 19.8 Å². The third-order valence-electron chi connectivity index (χ3n) is 0. The van der Waals surface area contributed by atoms with E-state index in [1.165, 1.54) is 0 Å². The molecule has 0 nitrogen and oxygen atoms in total. The fourth-order valence-corrected chi connectivity index (χ4v) is 0. The van der Waals surface area contributed by atoms with Gasteiger partial charge in [0.25, 0.3) is 0 Å².